The maximum Gasteiger partial charge on any atom is 0.274 e. The van der Waals surface area contributed by atoms with Gasteiger partial charge in [0.2, 0.25) is 0 Å². The molecule has 0 aliphatic heterocycles. The lowest BCUT2D eigenvalue weighted by atomic mass is 10.1. The van der Waals surface area contributed by atoms with Gasteiger partial charge >= 0.3 is 0 Å². The van der Waals surface area contributed by atoms with Crippen LogP contribution in [-0.2, 0) is 6.54 Å². The number of nitrogens with zero attached hydrogens (tertiary/aromatic N) is 3. The first-order valence-electron chi connectivity index (χ1n) is 10.00. The van der Waals surface area contributed by atoms with Crippen LogP contribution >= 0.6 is 0 Å². The van der Waals surface area contributed by atoms with Crippen molar-refractivity contribution in [3.63, 3.8) is 0 Å². The topological polar surface area (TPSA) is 107 Å². The molecule has 154 valence electrons. The van der Waals surface area contributed by atoms with E-state index in [1.54, 1.807) is 23.7 Å². The van der Waals surface area contributed by atoms with Crippen molar-refractivity contribution < 1.29 is 9.72 Å². The number of nitro groups is 1. The first-order valence-corrected chi connectivity index (χ1v) is 10.00. The van der Waals surface area contributed by atoms with Crippen molar-refractivity contribution in [3.05, 3.63) is 79.8 Å². The van der Waals surface area contributed by atoms with E-state index in [-0.39, 0.29) is 29.4 Å². The van der Waals surface area contributed by atoms with Gasteiger partial charge in [0, 0.05) is 22.6 Å². The molecule has 1 saturated carbocycles. The number of aromatic nitrogens is 2. The summed E-state index contributed by atoms with van der Waals surface area (Å²) in [4.78, 5) is 36.3. The van der Waals surface area contributed by atoms with E-state index in [1.165, 1.54) is 12.1 Å². The van der Waals surface area contributed by atoms with E-state index in [9.17, 15) is 19.7 Å². The third kappa shape index (κ3) is 3.56. The molecule has 1 N–H and O–H groups in total. The van der Waals surface area contributed by atoms with Crippen LogP contribution in [0.3, 0.4) is 0 Å². The Morgan fingerprint density at radius 2 is 1.87 bits per heavy atom. The lowest BCUT2D eigenvalue weighted by Gasteiger charge is -2.16. The fourth-order valence-corrected chi connectivity index (χ4v) is 4.13. The fourth-order valence-electron chi connectivity index (χ4n) is 4.13. The van der Waals surface area contributed by atoms with Gasteiger partial charge in [-0.15, -0.1) is 0 Å². The van der Waals surface area contributed by atoms with E-state index < -0.39 is 10.8 Å². The van der Waals surface area contributed by atoms with Crippen LogP contribution in [0.15, 0.2) is 47.3 Å². The lowest BCUT2D eigenvalue weighted by Crippen LogP contribution is -2.30. The van der Waals surface area contributed by atoms with Crippen LogP contribution in [0.5, 0.6) is 0 Å². The van der Waals surface area contributed by atoms with Gasteiger partial charge in [-0.3, -0.25) is 19.7 Å². The second-order valence-corrected chi connectivity index (χ2v) is 7.57. The van der Waals surface area contributed by atoms with Crippen LogP contribution in [0, 0.1) is 17.0 Å². The highest BCUT2D eigenvalue weighted by Gasteiger charge is 2.22. The lowest BCUT2D eigenvalue weighted by molar-refractivity contribution is -0.385. The number of amides is 1. The SMILES string of the molecule is Cc1c(C(=O)NCc2nn(C3CCCC3)c(=O)c3ccccc23)cccc1[N+](=O)[O-]. The highest BCUT2D eigenvalue weighted by molar-refractivity contribution is 5.96. The van der Waals surface area contributed by atoms with Crippen molar-refractivity contribution >= 4 is 22.4 Å². The average molecular weight is 406 g/mol. The fraction of sp³-hybridized carbons (Fsp3) is 0.318. The van der Waals surface area contributed by atoms with E-state index in [0.717, 1.165) is 25.7 Å². The number of hydrogen-bond donors (Lipinski definition) is 1. The highest BCUT2D eigenvalue weighted by atomic mass is 16.6. The van der Waals surface area contributed by atoms with Gasteiger partial charge in [0.25, 0.3) is 17.2 Å². The van der Waals surface area contributed by atoms with Crippen LogP contribution in [-0.4, -0.2) is 20.6 Å². The summed E-state index contributed by atoms with van der Waals surface area (Å²) in [5, 5.41) is 19.8. The molecule has 30 heavy (non-hydrogen) atoms. The molecular formula is C22H22N4O4. The van der Waals surface area contributed by atoms with Crippen LogP contribution < -0.4 is 10.9 Å². The second kappa shape index (κ2) is 8.06. The van der Waals surface area contributed by atoms with Gasteiger partial charge in [-0.1, -0.05) is 37.1 Å². The quantitative estimate of drug-likeness (QED) is 0.514. The Balaban J connectivity index is 1.67. The number of nitrogens with one attached hydrogen (secondary N) is 1. The number of benzene rings is 2. The minimum Gasteiger partial charge on any atom is -0.346 e. The van der Waals surface area contributed by atoms with Crippen LogP contribution in [0.2, 0.25) is 0 Å². The molecule has 0 spiro atoms. The Morgan fingerprint density at radius 3 is 2.57 bits per heavy atom. The molecule has 0 radical (unpaired) electrons. The molecule has 0 saturated heterocycles. The van der Waals surface area contributed by atoms with Gasteiger partial charge in [-0.25, -0.2) is 4.68 Å². The predicted molar refractivity (Wildman–Crippen MR) is 113 cm³/mol. The largest absolute Gasteiger partial charge is 0.346 e. The summed E-state index contributed by atoms with van der Waals surface area (Å²) in [5.41, 5.74) is 0.961. The monoisotopic (exact) mass is 406 g/mol. The van der Waals surface area contributed by atoms with Crippen LogP contribution in [0.25, 0.3) is 10.8 Å². The van der Waals surface area contributed by atoms with Crippen molar-refractivity contribution in [2.24, 2.45) is 0 Å². The van der Waals surface area contributed by atoms with Gasteiger partial charge < -0.3 is 5.32 Å². The molecule has 1 aromatic heterocycles. The second-order valence-electron chi connectivity index (χ2n) is 7.57. The minimum atomic E-state index is -0.501. The highest BCUT2D eigenvalue weighted by Crippen LogP contribution is 2.28. The normalized spacial score (nSPS) is 14.2. The number of fused-ring (bicyclic) bond motifs is 1. The molecular weight excluding hydrogens is 384 g/mol. The van der Waals surface area contributed by atoms with E-state index in [1.807, 2.05) is 18.2 Å². The van der Waals surface area contributed by atoms with Gasteiger partial charge in [0.15, 0.2) is 0 Å². The van der Waals surface area contributed by atoms with Crippen molar-refractivity contribution in [1.82, 2.24) is 15.1 Å². The molecule has 0 atom stereocenters. The third-order valence-electron chi connectivity index (χ3n) is 5.74. The van der Waals surface area contributed by atoms with E-state index in [4.69, 9.17) is 0 Å². The maximum atomic E-state index is 12.9. The summed E-state index contributed by atoms with van der Waals surface area (Å²) in [7, 11) is 0. The molecule has 0 bridgehead atoms. The molecule has 2 aromatic carbocycles. The summed E-state index contributed by atoms with van der Waals surface area (Å²) in [6, 6.07) is 11.8. The van der Waals surface area contributed by atoms with Crippen molar-refractivity contribution in [1.29, 1.82) is 0 Å². The van der Waals surface area contributed by atoms with Crippen molar-refractivity contribution in [2.75, 3.05) is 0 Å². The Bertz CT molecular complexity index is 1200. The summed E-state index contributed by atoms with van der Waals surface area (Å²) in [6.07, 6.45) is 3.99. The maximum absolute atomic E-state index is 12.9. The third-order valence-corrected chi connectivity index (χ3v) is 5.74. The van der Waals surface area contributed by atoms with E-state index in [2.05, 4.69) is 10.4 Å². The summed E-state index contributed by atoms with van der Waals surface area (Å²) >= 11 is 0. The van der Waals surface area contributed by atoms with Crippen LogP contribution in [0.4, 0.5) is 5.69 Å². The smallest absolute Gasteiger partial charge is 0.274 e. The molecule has 4 rings (SSSR count). The molecule has 3 aromatic rings. The molecule has 1 fully saturated rings. The zero-order valence-corrected chi connectivity index (χ0v) is 16.6. The molecule has 8 heteroatoms. The van der Waals surface area contributed by atoms with E-state index >= 15 is 0 Å². The molecule has 1 aliphatic carbocycles. The Morgan fingerprint density at radius 1 is 1.17 bits per heavy atom. The molecule has 1 aliphatic rings. The van der Waals surface area contributed by atoms with Gasteiger partial charge in [0.05, 0.1) is 28.6 Å². The number of carbonyl (C=O) groups is 1. The van der Waals surface area contributed by atoms with Crippen molar-refractivity contribution in [3.8, 4) is 0 Å². The van der Waals surface area contributed by atoms with Crippen LogP contribution in [0.1, 0.15) is 53.3 Å². The Hall–Kier alpha value is -3.55. The standard InChI is InChI=1S/C22H22N4O4/c1-14-16(11-6-12-20(14)26(29)30)21(27)23-13-19-17-9-4-5-10-18(17)22(28)25(24-19)15-7-2-3-8-15/h4-6,9-12,15H,2-3,7-8,13H2,1H3,(H,23,27). The van der Waals surface area contributed by atoms with Gasteiger partial charge in [0.1, 0.15) is 0 Å². The van der Waals surface area contributed by atoms with Gasteiger partial charge in [-0.05, 0) is 31.9 Å². The number of nitro benzene ring substituents is 1. The minimum absolute atomic E-state index is 0.0792. The number of rotatable bonds is 5. The zero-order chi connectivity index (χ0) is 21.3. The average Bonchev–Trinajstić information content (AvgIpc) is 3.28. The summed E-state index contributed by atoms with van der Waals surface area (Å²) in [6.45, 7) is 1.68. The van der Waals surface area contributed by atoms with Crippen molar-refractivity contribution in [2.45, 2.75) is 45.2 Å². The molecule has 8 nitrogen and oxygen atoms in total. The molecule has 0 unspecified atom stereocenters. The molecule has 1 heterocycles. The van der Waals surface area contributed by atoms with Gasteiger partial charge in [-0.2, -0.15) is 5.10 Å². The first-order chi connectivity index (χ1) is 14.5. The predicted octanol–water partition coefficient (Wildman–Crippen LogP) is 3.66. The number of carbonyl (C=O) groups excluding carboxylic acids is 1. The molecule has 1 amide bonds. The Kier molecular flexibility index (Phi) is 5.31. The summed E-state index contributed by atoms with van der Waals surface area (Å²) < 4.78 is 1.56. The van der Waals surface area contributed by atoms with E-state index in [0.29, 0.717) is 22.0 Å². The number of hydrogen-bond acceptors (Lipinski definition) is 5. The zero-order valence-electron chi connectivity index (χ0n) is 16.6. The Labute approximate surface area is 172 Å². The summed E-state index contributed by atoms with van der Waals surface area (Å²) in [5.74, 6) is -0.416. The first kappa shape index (κ1) is 19.8.